The summed E-state index contributed by atoms with van der Waals surface area (Å²) >= 11 is 7.66. The van der Waals surface area contributed by atoms with E-state index in [-0.39, 0.29) is 5.37 Å². The summed E-state index contributed by atoms with van der Waals surface area (Å²) in [4.78, 5) is 10.8. The van der Waals surface area contributed by atoms with Gasteiger partial charge in [0.1, 0.15) is 6.04 Å². The maximum absolute atomic E-state index is 10.8. The molecule has 2 rings (SSSR count). The summed E-state index contributed by atoms with van der Waals surface area (Å²) in [5.41, 5.74) is 1.73. The van der Waals surface area contributed by atoms with Crippen LogP contribution in [0.2, 0.25) is 5.02 Å². The van der Waals surface area contributed by atoms with Crippen LogP contribution in [-0.4, -0.2) is 38.0 Å². The van der Waals surface area contributed by atoms with Gasteiger partial charge in [-0.15, -0.1) is 11.8 Å². The van der Waals surface area contributed by atoms with E-state index in [4.69, 9.17) is 16.7 Å². The van der Waals surface area contributed by atoms with Crippen LogP contribution in [0.25, 0.3) is 0 Å². The number of halogens is 1. The Labute approximate surface area is 109 Å². The molecule has 1 aliphatic heterocycles. The first-order valence-electron chi connectivity index (χ1n) is 5.29. The van der Waals surface area contributed by atoms with Gasteiger partial charge in [-0.3, -0.25) is 14.8 Å². The lowest BCUT2D eigenvalue weighted by Crippen LogP contribution is -2.38. The molecule has 1 aliphatic rings. The highest BCUT2D eigenvalue weighted by Gasteiger charge is 2.30. The number of carboxylic acid groups (broad SMARTS) is 1. The number of aryl methyl sites for hydroxylation is 1. The van der Waals surface area contributed by atoms with Crippen molar-refractivity contribution >= 4 is 29.3 Å². The van der Waals surface area contributed by atoms with Crippen LogP contribution in [-0.2, 0) is 11.3 Å². The Balaban J connectivity index is 2.03. The van der Waals surface area contributed by atoms with Crippen LogP contribution in [0.1, 0.15) is 11.4 Å². The number of carbonyl (C=O) groups is 1. The van der Waals surface area contributed by atoms with Crippen molar-refractivity contribution in [3.8, 4) is 0 Å². The van der Waals surface area contributed by atoms with Crippen molar-refractivity contribution in [3.63, 3.8) is 0 Å². The van der Waals surface area contributed by atoms with E-state index >= 15 is 0 Å². The molecule has 1 aromatic heterocycles. The van der Waals surface area contributed by atoms with Crippen LogP contribution >= 0.6 is 23.4 Å². The fourth-order valence-corrected chi connectivity index (χ4v) is 3.10. The van der Waals surface area contributed by atoms with E-state index < -0.39 is 12.0 Å². The van der Waals surface area contributed by atoms with Gasteiger partial charge in [0, 0.05) is 5.75 Å². The molecular weight excluding hydrogens is 262 g/mol. The number of carboxylic acids is 1. The molecule has 17 heavy (non-hydrogen) atoms. The van der Waals surface area contributed by atoms with Gasteiger partial charge in [0.25, 0.3) is 0 Å². The van der Waals surface area contributed by atoms with Crippen molar-refractivity contribution in [3.05, 3.63) is 16.4 Å². The average Bonchev–Trinajstić information content (AvgIpc) is 2.82. The van der Waals surface area contributed by atoms with Crippen LogP contribution in [0.4, 0.5) is 0 Å². The molecule has 1 saturated heterocycles. The van der Waals surface area contributed by atoms with Crippen LogP contribution < -0.4 is 5.32 Å². The second-order valence-electron chi connectivity index (χ2n) is 4.05. The lowest BCUT2D eigenvalue weighted by Gasteiger charge is -2.12. The lowest BCUT2D eigenvalue weighted by atomic mass is 10.3. The van der Waals surface area contributed by atoms with Gasteiger partial charge in [0.15, 0.2) is 0 Å². The van der Waals surface area contributed by atoms with Crippen LogP contribution in [0.3, 0.4) is 0 Å². The molecule has 94 valence electrons. The molecule has 5 nitrogen and oxygen atoms in total. The predicted molar refractivity (Wildman–Crippen MR) is 67.5 cm³/mol. The zero-order valence-electron chi connectivity index (χ0n) is 9.61. The van der Waals surface area contributed by atoms with Crippen molar-refractivity contribution in [2.45, 2.75) is 31.8 Å². The molecule has 1 aromatic rings. The van der Waals surface area contributed by atoms with E-state index in [1.165, 1.54) is 0 Å². The molecule has 0 saturated carbocycles. The Morgan fingerprint density at radius 1 is 1.71 bits per heavy atom. The predicted octanol–water partition coefficient (Wildman–Crippen LogP) is 1.27. The second-order valence-corrected chi connectivity index (χ2v) is 5.66. The first-order chi connectivity index (χ1) is 7.99. The molecule has 0 spiro atoms. The van der Waals surface area contributed by atoms with Crippen molar-refractivity contribution in [2.24, 2.45) is 0 Å². The minimum atomic E-state index is -0.800. The number of nitrogens with zero attached hydrogens (tertiary/aromatic N) is 2. The zero-order chi connectivity index (χ0) is 12.6. The van der Waals surface area contributed by atoms with Gasteiger partial charge in [-0.2, -0.15) is 5.10 Å². The molecule has 2 heterocycles. The molecule has 1 fully saturated rings. The third-order valence-electron chi connectivity index (χ3n) is 2.78. The van der Waals surface area contributed by atoms with Crippen molar-refractivity contribution in [2.75, 3.05) is 5.75 Å². The highest BCUT2D eigenvalue weighted by atomic mass is 35.5. The topological polar surface area (TPSA) is 67.2 Å². The first-order valence-corrected chi connectivity index (χ1v) is 6.71. The van der Waals surface area contributed by atoms with E-state index in [1.54, 1.807) is 11.8 Å². The summed E-state index contributed by atoms with van der Waals surface area (Å²) in [5.74, 6) is -0.209. The summed E-state index contributed by atoms with van der Waals surface area (Å²) in [7, 11) is 0. The number of thioether (sulfide) groups is 1. The van der Waals surface area contributed by atoms with Gasteiger partial charge in [-0.25, -0.2) is 0 Å². The average molecular weight is 276 g/mol. The first kappa shape index (κ1) is 12.7. The number of aliphatic carboxylic acids is 1. The maximum atomic E-state index is 10.8. The zero-order valence-corrected chi connectivity index (χ0v) is 11.2. The van der Waals surface area contributed by atoms with E-state index in [0.717, 1.165) is 11.4 Å². The summed E-state index contributed by atoms with van der Waals surface area (Å²) in [6.45, 7) is 4.41. The molecule has 0 unspecified atom stereocenters. The Kier molecular flexibility index (Phi) is 3.65. The smallest absolute Gasteiger partial charge is 0.321 e. The summed E-state index contributed by atoms with van der Waals surface area (Å²) < 4.78 is 1.83. The van der Waals surface area contributed by atoms with Gasteiger partial charge in [-0.1, -0.05) is 11.6 Å². The van der Waals surface area contributed by atoms with Crippen LogP contribution in [0.5, 0.6) is 0 Å². The van der Waals surface area contributed by atoms with Crippen molar-refractivity contribution in [1.82, 2.24) is 15.1 Å². The Hall–Kier alpha value is -0.720. The minimum absolute atomic E-state index is 0.0742. The highest BCUT2D eigenvalue weighted by Crippen LogP contribution is 2.24. The van der Waals surface area contributed by atoms with E-state index in [1.807, 2.05) is 18.5 Å². The molecular formula is C10H14ClN3O2S. The Bertz CT molecular complexity index is 449. The number of aromatic nitrogens is 2. The normalized spacial score (nSPS) is 24.2. The molecule has 0 bridgehead atoms. The van der Waals surface area contributed by atoms with Crippen LogP contribution in [0, 0.1) is 13.8 Å². The largest absolute Gasteiger partial charge is 0.480 e. The molecule has 7 heteroatoms. The maximum Gasteiger partial charge on any atom is 0.321 e. The molecule has 2 N–H and O–H groups in total. The molecule has 0 aromatic carbocycles. The van der Waals surface area contributed by atoms with E-state index in [0.29, 0.717) is 17.3 Å². The number of rotatable bonds is 3. The Morgan fingerprint density at radius 2 is 2.41 bits per heavy atom. The highest BCUT2D eigenvalue weighted by molar-refractivity contribution is 8.00. The molecule has 0 aliphatic carbocycles. The van der Waals surface area contributed by atoms with Gasteiger partial charge in [0.2, 0.25) is 0 Å². The van der Waals surface area contributed by atoms with E-state index in [2.05, 4.69) is 10.4 Å². The van der Waals surface area contributed by atoms with Gasteiger partial charge in [-0.05, 0) is 13.8 Å². The minimum Gasteiger partial charge on any atom is -0.480 e. The number of hydrogen-bond donors (Lipinski definition) is 2. The third-order valence-corrected chi connectivity index (χ3v) is 4.54. The van der Waals surface area contributed by atoms with E-state index in [9.17, 15) is 4.79 Å². The van der Waals surface area contributed by atoms with Crippen molar-refractivity contribution < 1.29 is 9.90 Å². The summed E-state index contributed by atoms with van der Waals surface area (Å²) in [6.07, 6.45) is 0. The lowest BCUT2D eigenvalue weighted by molar-refractivity contribution is -0.138. The van der Waals surface area contributed by atoms with Gasteiger partial charge < -0.3 is 5.11 Å². The standard InChI is InChI=1S/C10H14ClN3O2S/c1-5-9(11)6(2)14(13-5)3-8-12-7(4-17-8)10(15)16/h7-8,12H,3-4H2,1-2H3,(H,15,16)/t7-,8-/m0/s1. The fourth-order valence-electron chi connectivity index (χ4n) is 1.79. The second kappa shape index (κ2) is 4.88. The SMILES string of the molecule is Cc1nn(C[C@H]2N[C@H](C(=O)O)CS2)c(C)c1Cl. The summed E-state index contributed by atoms with van der Waals surface area (Å²) in [6, 6.07) is -0.461. The third kappa shape index (κ3) is 2.59. The van der Waals surface area contributed by atoms with Gasteiger partial charge in [0.05, 0.1) is 28.3 Å². The number of hydrogen-bond acceptors (Lipinski definition) is 4. The molecule has 0 radical (unpaired) electrons. The van der Waals surface area contributed by atoms with Gasteiger partial charge >= 0.3 is 5.97 Å². The molecule has 2 atom stereocenters. The number of nitrogens with one attached hydrogen (secondary N) is 1. The van der Waals surface area contributed by atoms with Crippen LogP contribution in [0.15, 0.2) is 0 Å². The Morgan fingerprint density at radius 3 is 2.88 bits per heavy atom. The summed E-state index contributed by atoms with van der Waals surface area (Å²) in [5, 5.41) is 17.0. The van der Waals surface area contributed by atoms with Crippen molar-refractivity contribution in [1.29, 1.82) is 0 Å². The molecule has 0 amide bonds. The quantitative estimate of drug-likeness (QED) is 0.870. The fraction of sp³-hybridized carbons (Fsp3) is 0.600. The monoisotopic (exact) mass is 275 g/mol.